The summed E-state index contributed by atoms with van der Waals surface area (Å²) in [5, 5.41) is 0. The number of hydrogen-bond acceptors (Lipinski definition) is 8. The Morgan fingerprint density at radius 1 is 0.592 bits per heavy atom. The topological polar surface area (TPSA) is 134 Å². The molecule has 0 aliphatic carbocycles. The lowest BCUT2D eigenvalue weighted by Gasteiger charge is -2.19. The molecule has 10 heteroatoms. The Kier molecular flexibility index (Phi) is 35.6. The van der Waals surface area contributed by atoms with E-state index in [9.17, 15) is 19.0 Å². The molecule has 2 atom stereocenters. The molecule has 0 aromatic rings. The Morgan fingerprint density at radius 2 is 1.02 bits per heavy atom. The van der Waals surface area contributed by atoms with E-state index in [-0.39, 0.29) is 38.6 Å². The van der Waals surface area contributed by atoms with Crippen LogP contribution in [0.2, 0.25) is 0 Å². The minimum absolute atomic E-state index is 0.0550. The molecule has 0 bridgehead atoms. The Hall–Kier alpha value is -1.25. The van der Waals surface area contributed by atoms with Crippen LogP contribution in [0.4, 0.5) is 0 Å². The van der Waals surface area contributed by atoms with Gasteiger partial charge in [-0.3, -0.25) is 18.6 Å². The highest BCUT2D eigenvalue weighted by Crippen LogP contribution is 2.43. The highest BCUT2D eigenvalue weighted by atomic mass is 31.2. The van der Waals surface area contributed by atoms with E-state index in [2.05, 4.69) is 26.0 Å². The lowest BCUT2D eigenvalue weighted by Crippen LogP contribution is -2.29. The summed E-state index contributed by atoms with van der Waals surface area (Å²) in [5.74, 6) is -0.832. The van der Waals surface area contributed by atoms with Crippen LogP contribution in [0.25, 0.3) is 0 Å². The van der Waals surface area contributed by atoms with Gasteiger partial charge in [-0.25, -0.2) is 4.57 Å². The first-order valence-corrected chi connectivity index (χ1v) is 21.7. The van der Waals surface area contributed by atoms with Gasteiger partial charge in [0.25, 0.3) is 0 Å². The van der Waals surface area contributed by atoms with Crippen LogP contribution in [0, 0.1) is 0 Å². The third kappa shape index (κ3) is 36.3. The number of phosphoric acid groups is 1. The van der Waals surface area contributed by atoms with E-state index in [1.807, 2.05) is 0 Å². The van der Waals surface area contributed by atoms with Crippen molar-refractivity contribution in [1.29, 1.82) is 0 Å². The zero-order valence-corrected chi connectivity index (χ0v) is 32.6. The first kappa shape index (κ1) is 47.8. The highest BCUT2D eigenvalue weighted by Gasteiger charge is 2.26. The number of phosphoric ester groups is 1. The molecule has 49 heavy (non-hydrogen) atoms. The fraction of sp³-hybridized carbons (Fsp3) is 0.897. The summed E-state index contributed by atoms with van der Waals surface area (Å²) >= 11 is 0. The molecule has 0 saturated heterocycles. The number of ether oxygens (including phenoxy) is 2. The molecular weight excluding hydrogens is 641 g/mol. The Balaban J connectivity index is 4.14. The maximum atomic E-state index is 12.5. The van der Waals surface area contributed by atoms with Gasteiger partial charge in [0.15, 0.2) is 6.10 Å². The van der Waals surface area contributed by atoms with Gasteiger partial charge >= 0.3 is 19.8 Å². The quantitative estimate of drug-likeness (QED) is 0.0277. The normalized spacial score (nSPS) is 13.5. The molecule has 0 aliphatic rings. The van der Waals surface area contributed by atoms with Crippen molar-refractivity contribution in [3.8, 4) is 0 Å². The van der Waals surface area contributed by atoms with Crippen molar-refractivity contribution in [3.05, 3.63) is 12.2 Å². The maximum absolute atomic E-state index is 12.5. The van der Waals surface area contributed by atoms with Crippen LogP contribution in [0.5, 0.6) is 0 Å². The molecule has 0 aromatic heterocycles. The fourth-order valence-corrected chi connectivity index (χ4v) is 6.38. The Bertz CT molecular complexity index is 825. The molecule has 0 saturated carbocycles. The predicted octanol–water partition coefficient (Wildman–Crippen LogP) is 11.1. The number of carbonyl (C=O) groups excluding carboxylic acids is 2. The molecule has 0 aliphatic heterocycles. The van der Waals surface area contributed by atoms with Gasteiger partial charge < -0.3 is 20.1 Å². The molecule has 0 heterocycles. The van der Waals surface area contributed by atoms with Crippen LogP contribution >= 0.6 is 7.82 Å². The van der Waals surface area contributed by atoms with E-state index in [1.165, 1.54) is 103 Å². The van der Waals surface area contributed by atoms with Gasteiger partial charge in [-0.1, -0.05) is 161 Å². The number of allylic oxidation sites excluding steroid dienone is 2. The van der Waals surface area contributed by atoms with E-state index in [0.717, 1.165) is 57.8 Å². The molecule has 0 spiro atoms. The average molecular weight is 718 g/mol. The standard InChI is InChI=1S/C39H76NO8P/c1-3-5-7-9-11-13-15-16-17-18-19-20-22-24-26-28-30-32-39(42)48-37(36-47-49(43,44)46-34-33-40)35-45-38(41)31-29-27-25-23-21-14-12-10-8-6-4-2/h10,12,37H,3-9,11,13-36,40H2,1-2H3,(H,43,44)/b12-10-/t37-/m1/s1. The molecule has 1 unspecified atom stereocenters. The number of hydrogen-bond donors (Lipinski definition) is 2. The summed E-state index contributed by atoms with van der Waals surface area (Å²) in [7, 11) is -4.37. The van der Waals surface area contributed by atoms with Gasteiger partial charge in [-0.2, -0.15) is 0 Å². The predicted molar refractivity (Wildman–Crippen MR) is 201 cm³/mol. The van der Waals surface area contributed by atoms with E-state index in [0.29, 0.717) is 6.42 Å². The number of rotatable bonds is 38. The van der Waals surface area contributed by atoms with Gasteiger partial charge in [0.2, 0.25) is 0 Å². The first-order valence-electron chi connectivity index (χ1n) is 20.2. The Labute approximate surface area is 300 Å². The third-order valence-electron chi connectivity index (χ3n) is 8.65. The SMILES string of the molecule is CCCC/C=C\CCCCCCCC(=O)OC[C@H](COP(=O)(O)OCCN)OC(=O)CCCCCCCCCCCCCCCCCCC. The average Bonchev–Trinajstić information content (AvgIpc) is 3.08. The molecule has 0 amide bonds. The molecule has 0 radical (unpaired) electrons. The lowest BCUT2D eigenvalue weighted by atomic mass is 10.0. The summed E-state index contributed by atoms with van der Waals surface area (Å²) < 4.78 is 32.7. The molecule has 0 aromatic carbocycles. The van der Waals surface area contributed by atoms with Crippen LogP contribution in [0.3, 0.4) is 0 Å². The van der Waals surface area contributed by atoms with Crippen molar-refractivity contribution < 1.29 is 37.6 Å². The molecule has 9 nitrogen and oxygen atoms in total. The summed E-state index contributed by atoms with van der Waals surface area (Å²) in [5.41, 5.74) is 5.33. The van der Waals surface area contributed by atoms with Crippen LogP contribution in [0.15, 0.2) is 12.2 Å². The van der Waals surface area contributed by atoms with Crippen molar-refractivity contribution in [3.63, 3.8) is 0 Å². The molecule has 0 rings (SSSR count). The van der Waals surface area contributed by atoms with E-state index >= 15 is 0 Å². The van der Waals surface area contributed by atoms with E-state index in [1.54, 1.807) is 0 Å². The molecule has 3 N–H and O–H groups in total. The third-order valence-corrected chi connectivity index (χ3v) is 9.64. The second kappa shape index (κ2) is 36.5. The zero-order chi connectivity index (χ0) is 36.1. The molecule has 0 fully saturated rings. The van der Waals surface area contributed by atoms with Gasteiger partial charge in [0, 0.05) is 19.4 Å². The first-order chi connectivity index (χ1) is 23.8. The summed E-state index contributed by atoms with van der Waals surface area (Å²) in [4.78, 5) is 34.7. The number of unbranched alkanes of at least 4 members (excludes halogenated alkanes) is 23. The number of nitrogens with two attached hydrogens (primary N) is 1. The van der Waals surface area contributed by atoms with Crippen molar-refractivity contribution in [2.45, 2.75) is 200 Å². The zero-order valence-electron chi connectivity index (χ0n) is 31.7. The summed E-state index contributed by atoms with van der Waals surface area (Å²) in [6.45, 7) is 3.70. The second-order valence-corrected chi connectivity index (χ2v) is 15.0. The fourth-order valence-electron chi connectivity index (χ4n) is 5.62. The van der Waals surface area contributed by atoms with E-state index < -0.39 is 26.5 Å². The largest absolute Gasteiger partial charge is 0.472 e. The second-order valence-electron chi connectivity index (χ2n) is 13.5. The van der Waals surface area contributed by atoms with Crippen LogP contribution in [-0.4, -0.2) is 49.3 Å². The number of esters is 2. The van der Waals surface area contributed by atoms with Crippen LogP contribution < -0.4 is 5.73 Å². The van der Waals surface area contributed by atoms with Crippen molar-refractivity contribution >= 4 is 19.8 Å². The summed E-state index contributed by atoms with van der Waals surface area (Å²) in [6.07, 6.45) is 35.3. The van der Waals surface area contributed by atoms with Gasteiger partial charge in [-0.15, -0.1) is 0 Å². The monoisotopic (exact) mass is 718 g/mol. The minimum atomic E-state index is -4.37. The van der Waals surface area contributed by atoms with Gasteiger partial charge in [-0.05, 0) is 32.1 Å². The minimum Gasteiger partial charge on any atom is -0.462 e. The van der Waals surface area contributed by atoms with Crippen molar-refractivity contribution in [2.75, 3.05) is 26.4 Å². The van der Waals surface area contributed by atoms with Crippen molar-refractivity contribution in [1.82, 2.24) is 0 Å². The number of carbonyl (C=O) groups is 2. The van der Waals surface area contributed by atoms with Gasteiger partial charge in [0.1, 0.15) is 6.61 Å². The summed E-state index contributed by atoms with van der Waals surface area (Å²) in [6, 6.07) is 0. The van der Waals surface area contributed by atoms with Crippen molar-refractivity contribution in [2.24, 2.45) is 5.73 Å². The maximum Gasteiger partial charge on any atom is 0.472 e. The Morgan fingerprint density at radius 3 is 1.51 bits per heavy atom. The van der Waals surface area contributed by atoms with Gasteiger partial charge in [0.05, 0.1) is 13.2 Å². The lowest BCUT2D eigenvalue weighted by molar-refractivity contribution is -0.161. The smallest absolute Gasteiger partial charge is 0.462 e. The van der Waals surface area contributed by atoms with Crippen LogP contribution in [0.1, 0.15) is 194 Å². The molecular formula is C39H76NO8P. The van der Waals surface area contributed by atoms with Crippen LogP contribution in [-0.2, 0) is 32.7 Å². The highest BCUT2D eigenvalue weighted by molar-refractivity contribution is 7.47. The molecule has 290 valence electrons. The van der Waals surface area contributed by atoms with E-state index in [4.69, 9.17) is 24.3 Å².